The van der Waals surface area contributed by atoms with Crippen LogP contribution in [0.1, 0.15) is 81.7 Å². The average Bonchev–Trinajstić information content (AvgIpc) is 3.77. The zero-order valence-corrected chi connectivity index (χ0v) is 23.9. The van der Waals surface area contributed by atoms with Gasteiger partial charge in [-0.25, -0.2) is 9.78 Å². The summed E-state index contributed by atoms with van der Waals surface area (Å²) >= 11 is 0. The fourth-order valence-corrected chi connectivity index (χ4v) is 7.15. The predicted molar refractivity (Wildman–Crippen MR) is 156 cm³/mol. The van der Waals surface area contributed by atoms with Crippen LogP contribution < -0.4 is 5.56 Å². The highest BCUT2D eigenvalue weighted by Gasteiger charge is 2.51. The first kappa shape index (κ1) is 27.2. The van der Waals surface area contributed by atoms with Crippen LogP contribution >= 0.6 is 0 Å². The van der Waals surface area contributed by atoms with E-state index in [-0.39, 0.29) is 17.6 Å². The monoisotopic (exact) mass is 554 g/mol. The number of aromatic nitrogens is 6. The smallest absolute Gasteiger partial charge is 0.314 e. The third kappa shape index (κ3) is 4.81. The zero-order chi connectivity index (χ0) is 28.4. The van der Waals surface area contributed by atoms with Gasteiger partial charge in [-0.3, -0.25) is 14.3 Å². The van der Waals surface area contributed by atoms with Gasteiger partial charge >= 0.3 is 5.97 Å². The van der Waals surface area contributed by atoms with Gasteiger partial charge in [0.05, 0.1) is 18.1 Å². The number of nitrogens with zero attached hydrogens (tertiary/aromatic N) is 5. The Morgan fingerprint density at radius 3 is 2.49 bits per heavy atom. The number of hydrogen-bond acceptors (Lipinski definition) is 6. The van der Waals surface area contributed by atoms with E-state index in [0.717, 1.165) is 91.4 Å². The molecule has 0 radical (unpaired) electrons. The Labute approximate surface area is 239 Å². The molecular formula is C32H38N6O3. The minimum Gasteiger partial charge on any atom is -0.466 e. The number of rotatable bonds is 9. The van der Waals surface area contributed by atoms with Crippen LogP contribution in [-0.2, 0) is 28.9 Å². The molecule has 214 valence electrons. The first-order valence-electron chi connectivity index (χ1n) is 15.0. The summed E-state index contributed by atoms with van der Waals surface area (Å²) < 4.78 is 9.79. The molecule has 2 aromatic carbocycles. The molecule has 9 nitrogen and oxygen atoms in total. The summed E-state index contributed by atoms with van der Waals surface area (Å²) in [5, 5.41) is 14.4. The number of ether oxygens (including phenoxy) is 1. The molecule has 0 bridgehead atoms. The molecule has 1 saturated carbocycles. The second kappa shape index (κ2) is 11.5. The minimum absolute atomic E-state index is 0.0564. The molecule has 6 rings (SSSR count). The first-order valence-corrected chi connectivity index (χ1v) is 15.0. The van der Waals surface area contributed by atoms with Crippen LogP contribution in [0.25, 0.3) is 22.5 Å². The van der Waals surface area contributed by atoms with Crippen molar-refractivity contribution >= 4 is 5.97 Å². The van der Waals surface area contributed by atoms with Gasteiger partial charge in [0.1, 0.15) is 0 Å². The van der Waals surface area contributed by atoms with Crippen molar-refractivity contribution in [3.63, 3.8) is 0 Å². The summed E-state index contributed by atoms with van der Waals surface area (Å²) in [6.45, 7) is 5.20. The molecule has 2 aromatic heterocycles. The van der Waals surface area contributed by atoms with E-state index in [9.17, 15) is 9.59 Å². The summed E-state index contributed by atoms with van der Waals surface area (Å²) in [6.07, 6.45) is 7.74. The van der Waals surface area contributed by atoms with Crippen molar-refractivity contribution in [1.82, 2.24) is 30.0 Å². The number of nitrogens with one attached hydrogen (secondary N) is 1. The van der Waals surface area contributed by atoms with Crippen molar-refractivity contribution in [2.75, 3.05) is 6.61 Å². The molecule has 9 heteroatoms. The number of carbonyl (C=O) groups is 1. The number of esters is 1. The van der Waals surface area contributed by atoms with Crippen LogP contribution in [0.15, 0.2) is 53.3 Å². The highest BCUT2D eigenvalue weighted by atomic mass is 16.5. The number of fused-ring (bicyclic) bond motifs is 1. The van der Waals surface area contributed by atoms with E-state index in [1.54, 1.807) is 0 Å². The number of carbonyl (C=O) groups excluding carboxylic acids is 1. The van der Waals surface area contributed by atoms with Crippen LogP contribution in [0.4, 0.5) is 0 Å². The van der Waals surface area contributed by atoms with Gasteiger partial charge in [0.15, 0.2) is 5.82 Å². The molecule has 1 aliphatic heterocycles. The molecule has 3 heterocycles. The van der Waals surface area contributed by atoms with Crippen molar-refractivity contribution in [2.45, 2.75) is 84.2 Å². The molecule has 41 heavy (non-hydrogen) atoms. The molecule has 1 N–H and O–H groups in total. The van der Waals surface area contributed by atoms with E-state index in [1.807, 2.05) is 29.8 Å². The number of tetrazole rings is 1. The van der Waals surface area contributed by atoms with Crippen LogP contribution in [0.3, 0.4) is 0 Å². The van der Waals surface area contributed by atoms with E-state index >= 15 is 0 Å². The molecular weight excluding hydrogens is 516 g/mol. The quantitative estimate of drug-likeness (QED) is 0.274. The SMILES string of the molecule is CCCc1c(Cc2ccc(-c3ccccc3-c3nnn[nH]3)cc2)c(=O)n2n1CCCC2C1(C(=O)OCC)CCCC1. The number of benzene rings is 2. The average molecular weight is 555 g/mol. The van der Waals surface area contributed by atoms with E-state index in [0.29, 0.717) is 18.9 Å². The summed E-state index contributed by atoms with van der Waals surface area (Å²) in [6, 6.07) is 16.3. The molecule has 0 spiro atoms. The van der Waals surface area contributed by atoms with Crippen LogP contribution in [0, 0.1) is 5.41 Å². The van der Waals surface area contributed by atoms with Crippen molar-refractivity contribution in [1.29, 1.82) is 0 Å². The van der Waals surface area contributed by atoms with Crippen LogP contribution in [-0.4, -0.2) is 42.6 Å². The number of H-pyrrole nitrogens is 1. The second-order valence-electron chi connectivity index (χ2n) is 11.4. The third-order valence-electron chi connectivity index (χ3n) is 9.00. The maximum absolute atomic E-state index is 14.2. The van der Waals surface area contributed by atoms with Gasteiger partial charge in [-0.05, 0) is 66.1 Å². The Hall–Kier alpha value is -4.01. The zero-order valence-electron chi connectivity index (χ0n) is 23.9. The summed E-state index contributed by atoms with van der Waals surface area (Å²) in [4.78, 5) is 27.6. The maximum Gasteiger partial charge on any atom is 0.314 e. The van der Waals surface area contributed by atoms with E-state index in [4.69, 9.17) is 4.74 Å². The fourth-order valence-electron chi connectivity index (χ4n) is 7.15. The van der Waals surface area contributed by atoms with E-state index < -0.39 is 5.41 Å². The topological polar surface area (TPSA) is 108 Å². The Kier molecular flexibility index (Phi) is 7.60. The molecule has 2 aliphatic rings. The lowest BCUT2D eigenvalue weighted by Gasteiger charge is -2.39. The van der Waals surface area contributed by atoms with Gasteiger partial charge < -0.3 is 4.74 Å². The molecule has 0 amide bonds. The Morgan fingerprint density at radius 2 is 1.80 bits per heavy atom. The standard InChI is InChI=1S/C32H38N6O3/c1-3-10-27-26(21-22-14-16-23(17-15-22)24-11-5-6-12-25(24)29-33-35-36-34-29)30(39)38-28(13-9-20-37(27)38)32(18-7-8-19-32)31(40)41-4-2/h5-6,11-12,14-17,28H,3-4,7-10,13,18-21H2,1-2H3,(H,33,34,35,36). The van der Waals surface area contributed by atoms with Gasteiger partial charge in [0, 0.05) is 29.8 Å². The van der Waals surface area contributed by atoms with Gasteiger partial charge in [-0.1, -0.05) is 74.7 Å². The summed E-state index contributed by atoms with van der Waals surface area (Å²) in [5.41, 5.74) is 5.53. The predicted octanol–water partition coefficient (Wildman–Crippen LogP) is 5.50. The molecule has 1 atom stereocenters. The molecule has 0 saturated heterocycles. The Balaban J connectivity index is 1.35. The lowest BCUT2D eigenvalue weighted by molar-refractivity contribution is -0.159. The largest absolute Gasteiger partial charge is 0.466 e. The van der Waals surface area contributed by atoms with Crippen molar-refractivity contribution in [3.8, 4) is 22.5 Å². The summed E-state index contributed by atoms with van der Waals surface area (Å²) in [5.74, 6) is 0.498. The lowest BCUT2D eigenvalue weighted by Crippen LogP contribution is -2.46. The molecule has 1 aliphatic carbocycles. The van der Waals surface area contributed by atoms with Crippen LogP contribution in [0.2, 0.25) is 0 Å². The first-order chi connectivity index (χ1) is 20.1. The van der Waals surface area contributed by atoms with Crippen molar-refractivity contribution in [3.05, 3.63) is 75.7 Å². The number of hydrogen-bond donors (Lipinski definition) is 1. The minimum atomic E-state index is -0.606. The molecule has 4 aromatic rings. The third-order valence-corrected chi connectivity index (χ3v) is 9.00. The van der Waals surface area contributed by atoms with Gasteiger partial charge in [0.2, 0.25) is 0 Å². The van der Waals surface area contributed by atoms with Crippen molar-refractivity contribution < 1.29 is 9.53 Å². The molecule has 1 fully saturated rings. The Morgan fingerprint density at radius 1 is 1.05 bits per heavy atom. The summed E-state index contributed by atoms with van der Waals surface area (Å²) in [7, 11) is 0. The lowest BCUT2D eigenvalue weighted by atomic mass is 9.76. The van der Waals surface area contributed by atoms with Gasteiger partial charge in [-0.15, -0.1) is 5.10 Å². The maximum atomic E-state index is 14.2. The van der Waals surface area contributed by atoms with Gasteiger partial charge in [0.25, 0.3) is 5.56 Å². The normalized spacial score (nSPS) is 17.9. The fraction of sp³-hybridized carbons (Fsp3) is 0.469. The Bertz CT molecular complexity index is 1560. The van der Waals surface area contributed by atoms with Gasteiger partial charge in [-0.2, -0.15) is 0 Å². The van der Waals surface area contributed by atoms with E-state index in [2.05, 4.69) is 62.6 Å². The van der Waals surface area contributed by atoms with Crippen molar-refractivity contribution in [2.24, 2.45) is 5.41 Å². The highest BCUT2D eigenvalue weighted by Crippen LogP contribution is 2.50. The second-order valence-corrected chi connectivity index (χ2v) is 11.4. The van der Waals surface area contributed by atoms with Crippen LogP contribution in [0.5, 0.6) is 0 Å². The molecule has 1 unspecified atom stereocenters. The number of aromatic amines is 1. The van der Waals surface area contributed by atoms with E-state index in [1.165, 1.54) is 0 Å². The highest BCUT2D eigenvalue weighted by molar-refractivity contribution is 5.80.